The highest BCUT2D eigenvalue weighted by Crippen LogP contribution is 2.29. The predicted octanol–water partition coefficient (Wildman–Crippen LogP) is -1.46. The van der Waals surface area contributed by atoms with Crippen LogP contribution in [0.25, 0.3) is 0 Å². The summed E-state index contributed by atoms with van der Waals surface area (Å²) >= 11 is 0. The molecular weight excluding hydrogens is 478 g/mol. The molecule has 1 aliphatic rings. The first-order valence-electron chi connectivity index (χ1n) is 11.3. The van der Waals surface area contributed by atoms with Gasteiger partial charge in [-0.25, -0.2) is 0 Å². The summed E-state index contributed by atoms with van der Waals surface area (Å²) in [6.45, 7) is 5.31. The lowest BCUT2D eigenvalue weighted by Gasteiger charge is -2.26. The number of epoxide rings is 1. The Kier molecular flexibility index (Phi) is 10.1. The molecule has 200 valence electrons. The van der Waals surface area contributed by atoms with Gasteiger partial charge in [-0.1, -0.05) is 19.0 Å². The lowest BCUT2D eigenvalue weighted by molar-refractivity contribution is -0.134. The summed E-state index contributed by atoms with van der Waals surface area (Å²) in [5.74, 6) is -3.64. The third-order valence-electron chi connectivity index (χ3n) is 5.35. The Morgan fingerprint density at radius 3 is 2.00 bits per heavy atom. The summed E-state index contributed by atoms with van der Waals surface area (Å²) in [6, 6.07) is -2.21. The van der Waals surface area contributed by atoms with Gasteiger partial charge in [0.25, 0.3) is 11.8 Å². The van der Waals surface area contributed by atoms with Gasteiger partial charge < -0.3 is 40.4 Å². The molecule has 5 N–H and O–H groups in total. The molecule has 0 unspecified atom stereocenters. The van der Waals surface area contributed by atoms with Crippen molar-refractivity contribution in [3.8, 4) is 0 Å². The van der Waals surface area contributed by atoms with Gasteiger partial charge in [-0.05, 0) is 19.3 Å². The van der Waals surface area contributed by atoms with Gasteiger partial charge in [-0.2, -0.15) is 0 Å². The molecule has 2 rings (SSSR count). The number of primary amides is 1. The van der Waals surface area contributed by atoms with E-state index in [1.165, 1.54) is 14.2 Å². The fraction of sp³-hybridized carbons (Fsp3) is 0.636. The molecule has 0 spiro atoms. The lowest BCUT2D eigenvalue weighted by atomic mass is 9.93. The first kappa shape index (κ1) is 28.9. The van der Waals surface area contributed by atoms with Crippen molar-refractivity contribution in [2.75, 3.05) is 34.0 Å². The second-order valence-corrected chi connectivity index (χ2v) is 9.01. The van der Waals surface area contributed by atoms with Crippen LogP contribution in [0, 0.1) is 5.92 Å². The molecule has 2 heterocycles. The highest BCUT2D eigenvalue weighted by atomic mass is 16.6. The Labute approximate surface area is 207 Å². The number of amides is 4. The van der Waals surface area contributed by atoms with Crippen LogP contribution >= 0.6 is 0 Å². The molecule has 1 aromatic rings. The van der Waals surface area contributed by atoms with E-state index in [4.69, 9.17) is 19.9 Å². The predicted molar refractivity (Wildman–Crippen MR) is 123 cm³/mol. The monoisotopic (exact) mass is 511 g/mol. The largest absolute Gasteiger partial charge is 0.382 e. The van der Waals surface area contributed by atoms with E-state index in [0.717, 1.165) is 6.07 Å². The summed E-state index contributed by atoms with van der Waals surface area (Å²) < 4.78 is 20.0. The zero-order chi connectivity index (χ0) is 27.0. The Hall–Kier alpha value is -3.36. The van der Waals surface area contributed by atoms with E-state index in [-0.39, 0.29) is 43.0 Å². The van der Waals surface area contributed by atoms with Crippen LogP contribution in [0.5, 0.6) is 0 Å². The zero-order valence-electron chi connectivity index (χ0n) is 20.9. The van der Waals surface area contributed by atoms with Crippen LogP contribution in [0.1, 0.15) is 48.2 Å². The molecule has 4 amide bonds. The second kappa shape index (κ2) is 12.6. The van der Waals surface area contributed by atoms with Crippen molar-refractivity contribution < 1.29 is 42.7 Å². The third-order valence-corrected chi connectivity index (χ3v) is 5.35. The number of hydrogen-bond acceptors (Lipinski definition) is 10. The average Bonchev–Trinajstić information content (AvgIpc) is 3.35. The first-order chi connectivity index (χ1) is 16.9. The van der Waals surface area contributed by atoms with E-state index >= 15 is 0 Å². The molecule has 0 aliphatic carbocycles. The maximum Gasteiger partial charge on any atom is 0.287 e. The maximum atomic E-state index is 13.0. The van der Waals surface area contributed by atoms with Crippen LogP contribution in [0.2, 0.25) is 0 Å². The van der Waals surface area contributed by atoms with Crippen molar-refractivity contribution in [2.45, 2.75) is 50.9 Å². The minimum atomic E-state index is -1.24. The van der Waals surface area contributed by atoms with Crippen LogP contribution in [0.4, 0.5) is 0 Å². The van der Waals surface area contributed by atoms with Gasteiger partial charge in [0.05, 0.1) is 25.9 Å². The normalized spacial score (nSPS) is 19.2. The topological polar surface area (TPSA) is 204 Å². The van der Waals surface area contributed by atoms with E-state index in [1.54, 1.807) is 6.92 Å². The number of ether oxygens (including phenoxy) is 3. The molecular formula is C22H33N5O9. The molecule has 1 aliphatic heterocycles. The second-order valence-electron chi connectivity index (χ2n) is 9.01. The SMILES string of the molecule is COC[C@H](NC(=O)c1cc(C(N)=O)on1)C(=O)N[C@@H](COC)C(=O)N[C@@H](CC(C)C)C(=O)[C@@]1(C)CO1. The number of carbonyl (C=O) groups excluding carboxylic acids is 5. The van der Waals surface area contributed by atoms with Gasteiger partial charge in [-0.3, -0.25) is 24.0 Å². The number of nitrogens with zero attached hydrogens (tertiary/aromatic N) is 1. The number of ketones is 1. The van der Waals surface area contributed by atoms with Crippen LogP contribution in [0.3, 0.4) is 0 Å². The van der Waals surface area contributed by atoms with Crippen LogP contribution in [-0.4, -0.2) is 92.3 Å². The Balaban J connectivity index is 2.10. The molecule has 1 aromatic heterocycles. The molecule has 4 atom stereocenters. The van der Waals surface area contributed by atoms with Gasteiger partial charge in [0, 0.05) is 20.3 Å². The summed E-state index contributed by atoms with van der Waals surface area (Å²) in [5, 5.41) is 11.0. The van der Waals surface area contributed by atoms with Crippen LogP contribution in [-0.2, 0) is 28.6 Å². The number of nitrogens with two attached hydrogens (primary N) is 1. The van der Waals surface area contributed by atoms with Crippen molar-refractivity contribution in [2.24, 2.45) is 11.7 Å². The maximum absolute atomic E-state index is 13.0. The highest BCUT2D eigenvalue weighted by Gasteiger charge is 2.50. The number of Topliss-reactive ketones (excluding diaryl/α,β-unsaturated/α-hetero) is 1. The average molecular weight is 512 g/mol. The Morgan fingerprint density at radius 2 is 1.56 bits per heavy atom. The molecule has 14 nitrogen and oxygen atoms in total. The molecule has 0 aromatic carbocycles. The van der Waals surface area contributed by atoms with Gasteiger partial charge in [0.15, 0.2) is 11.5 Å². The van der Waals surface area contributed by atoms with Crippen molar-refractivity contribution in [1.29, 1.82) is 0 Å². The number of hydrogen-bond donors (Lipinski definition) is 4. The summed E-state index contributed by atoms with van der Waals surface area (Å²) in [4.78, 5) is 62.4. The molecule has 0 radical (unpaired) electrons. The standard InChI is InChI=1S/C22H33N5O9/c1-11(2)6-12(17(28)22(3)10-35-22)24-20(31)14(8-33-4)26-21(32)15(9-34-5)25-19(30)13-7-16(18(23)29)36-27-13/h7,11-12,14-15H,6,8-10H2,1-5H3,(H2,23,29)(H,24,31)(H,25,30)(H,26,32)/t12-,14-,15-,22+/m0/s1. The van der Waals surface area contributed by atoms with Gasteiger partial charge in [0.1, 0.15) is 17.7 Å². The molecule has 0 bridgehead atoms. The number of methoxy groups -OCH3 is 2. The molecule has 1 saturated heterocycles. The zero-order valence-corrected chi connectivity index (χ0v) is 20.9. The van der Waals surface area contributed by atoms with E-state index < -0.39 is 47.4 Å². The Morgan fingerprint density at radius 1 is 1.03 bits per heavy atom. The number of nitrogens with one attached hydrogen (secondary N) is 3. The van der Waals surface area contributed by atoms with Gasteiger partial charge in [-0.15, -0.1) is 0 Å². The van der Waals surface area contributed by atoms with Gasteiger partial charge in [0.2, 0.25) is 17.6 Å². The smallest absolute Gasteiger partial charge is 0.287 e. The molecule has 14 heteroatoms. The molecule has 0 saturated carbocycles. The number of aromatic nitrogens is 1. The van der Waals surface area contributed by atoms with Crippen molar-refractivity contribution >= 4 is 29.4 Å². The van der Waals surface area contributed by atoms with Crippen LogP contribution in [0.15, 0.2) is 10.6 Å². The fourth-order valence-corrected chi connectivity index (χ4v) is 3.30. The van der Waals surface area contributed by atoms with E-state index in [2.05, 4.69) is 25.6 Å². The van der Waals surface area contributed by atoms with Crippen molar-refractivity contribution in [3.05, 3.63) is 17.5 Å². The van der Waals surface area contributed by atoms with Gasteiger partial charge >= 0.3 is 0 Å². The van der Waals surface area contributed by atoms with E-state index in [1.807, 2.05) is 13.8 Å². The molecule has 1 fully saturated rings. The van der Waals surface area contributed by atoms with Crippen LogP contribution < -0.4 is 21.7 Å². The van der Waals surface area contributed by atoms with E-state index in [9.17, 15) is 24.0 Å². The fourth-order valence-electron chi connectivity index (χ4n) is 3.30. The lowest BCUT2D eigenvalue weighted by Crippen LogP contribution is -2.58. The third kappa shape index (κ3) is 7.83. The Bertz CT molecular complexity index is 973. The summed E-state index contributed by atoms with van der Waals surface area (Å²) in [5.41, 5.74) is 3.86. The van der Waals surface area contributed by atoms with Crippen molar-refractivity contribution in [1.82, 2.24) is 21.1 Å². The summed E-state index contributed by atoms with van der Waals surface area (Å²) in [6.07, 6.45) is 0.379. The minimum Gasteiger partial charge on any atom is -0.382 e. The minimum absolute atomic E-state index is 0.102. The highest BCUT2D eigenvalue weighted by molar-refractivity contribution is 6.00. The van der Waals surface area contributed by atoms with E-state index in [0.29, 0.717) is 6.42 Å². The number of carbonyl (C=O) groups is 5. The summed E-state index contributed by atoms with van der Waals surface area (Å²) in [7, 11) is 2.66. The molecule has 36 heavy (non-hydrogen) atoms. The number of rotatable bonds is 15. The quantitative estimate of drug-likeness (QED) is 0.201. The first-order valence-corrected chi connectivity index (χ1v) is 11.3. The van der Waals surface area contributed by atoms with Crippen molar-refractivity contribution in [3.63, 3.8) is 0 Å².